The highest BCUT2D eigenvalue weighted by molar-refractivity contribution is 5.82. The van der Waals surface area contributed by atoms with Gasteiger partial charge in [-0.15, -0.1) is 0 Å². The lowest BCUT2D eigenvalue weighted by molar-refractivity contribution is -0.148. The Labute approximate surface area is 74.9 Å². The molecule has 0 saturated heterocycles. The van der Waals surface area contributed by atoms with Crippen LogP contribution in [0.25, 0.3) is 0 Å². The molecule has 0 fully saturated rings. The second-order valence-corrected chi connectivity index (χ2v) is 2.39. The van der Waals surface area contributed by atoms with Crippen LogP contribution in [0.1, 0.15) is 13.8 Å². The molecular weight excluding hydrogens is 178 g/mol. The number of carbonyl (C=O) groups excluding carboxylic acids is 2. The van der Waals surface area contributed by atoms with Gasteiger partial charge in [0.2, 0.25) is 5.91 Å². The van der Waals surface area contributed by atoms with E-state index in [1.54, 1.807) is 0 Å². The van der Waals surface area contributed by atoms with Crippen molar-refractivity contribution in [1.29, 1.82) is 0 Å². The van der Waals surface area contributed by atoms with Crippen LogP contribution in [0.15, 0.2) is 0 Å². The highest BCUT2D eigenvalue weighted by Crippen LogP contribution is 1.87. The van der Waals surface area contributed by atoms with Crippen LogP contribution >= 0.6 is 0 Å². The van der Waals surface area contributed by atoms with E-state index in [4.69, 9.17) is 5.11 Å². The normalized spacial score (nSPS) is 11.5. The molecule has 0 aromatic rings. The van der Waals surface area contributed by atoms with Gasteiger partial charge in [-0.05, 0) is 0 Å². The minimum atomic E-state index is -1.24. The smallest absolute Gasteiger partial charge is 0.329 e. The monoisotopic (exact) mass is 189 g/mol. The summed E-state index contributed by atoms with van der Waals surface area (Å²) < 4.78 is 4.43. The summed E-state index contributed by atoms with van der Waals surface area (Å²) in [6.45, 7) is 1.99. The summed E-state index contributed by atoms with van der Waals surface area (Å²) in [6, 6.07) is -1.18. The van der Waals surface area contributed by atoms with Gasteiger partial charge >= 0.3 is 11.9 Å². The minimum Gasteiger partial charge on any atom is -0.480 e. The Kier molecular flexibility index (Phi) is 4.50. The van der Waals surface area contributed by atoms with Crippen molar-refractivity contribution < 1.29 is 24.2 Å². The quantitative estimate of drug-likeness (QED) is 0.561. The van der Waals surface area contributed by atoms with Crippen molar-refractivity contribution in [2.45, 2.75) is 19.9 Å². The van der Waals surface area contributed by atoms with E-state index in [0.29, 0.717) is 0 Å². The number of rotatable bonds is 4. The van der Waals surface area contributed by atoms with Crippen LogP contribution in [0.5, 0.6) is 0 Å². The first-order valence-corrected chi connectivity index (χ1v) is 3.56. The zero-order valence-electron chi connectivity index (χ0n) is 7.36. The Morgan fingerprint density at radius 3 is 2.23 bits per heavy atom. The van der Waals surface area contributed by atoms with E-state index in [9.17, 15) is 14.4 Å². The van der Waals surface area contributed by atoms with Crippen molar-refractivity contribution in [3.05, 3.63) is 0 Å². The second kappa shape index (κ2) is 5.13. The lowest BCUT2D eigenvalue weighted by Crippen LogP contribution is -2.43. The predicted molar refractivity (Wildman–Crippen MR) is 41.9 cm³/mol. The second-order valence-electron chi connectivity index (χ2n) is 2.39. The van der Waals surface area contributed by atoms with Gasteiger partial charge in [0.1, 0.15) is 6.61 Å². The maximum absolute atomic E-state index is 10.5. The molecule has 2 N–H and O–H groups in total. The first kappa shape index (κ1) is 11.4. The predicted octanol–water partition coefficient (Wildman–Crippen LogP) is -0.861. The molecule has 0 aliphatic rings. The van der Waals surface area contributed by atoms with Gasteiger partial charge in [-0.2, -0.15) is 0 Å². The first-order chi connectivity index (χ1) is 5.93. The summed E-state index contributed by atoms with van der Waals surface area (Å²) in [5.41, 5.74) is 0. The van der Waals surface area contributed by atoms with Crippen molar-refractivity contribution in [1.82, 2.24) is 5.32 Å². The average Bonchev–Trinajstić information content (AvgIpc) is 1.96. The first-order valence-electron chi connectivity index (χ1n) is 3.56. The number of hydrogen-bond donors (Lipinski definition) is 2. The summed E-state index contributed by atoms with van der Waals surface area (Å²) in [5, 5.41) is 10.6. The molecule has 0 unspecified atom stereocenters. The van der Waals surface area contributed by atoms with Crippen LogP contribution in [0, 0.1) is 0 Å². The van der Waals surface area contributed by atoms with Gasteiger partial charge in [0, 0.05) is 13.8 Å². The summed E-state index contributed by atoms with van der Waals surface area (Å²) in [7, 11) is 0. The lowest BCUT2D eigenvalue weighted by atomic mass is 10.3. The molecule has 0 aromatic carbocycles. The summed E-state index contributed by atoms with van der Waals surface area (Å²) >= 11 is 0. The summed E-state index contributed by atoms with van der Waals surface area (Å²) in [6.07, 6.45) is 0. The van der Waals surface area contributed by atoms with E-state index in [1.165, 1.54) is 6.92 Å². The van der Waals surface area contributed by atoms with Gasteiger partial charge in [0.25, 0.3) is 0 Å². The van der Waals surface area contributed by atoms with Crippen LogP contribution in [0.3, 0.4) is 0 Å². The molecule has 0 bridgehead atoms. The standard InChI is InChI=1S/C7H11NO5/c1-4(9)8-6(7(11)12)3-13-5(2)10/h6H,3H2,1-2H3,(H,8,9)(H,11,12)/t6-/m1/s1. The van der Waals surface area contributed by atoms with Gasteiger partial charge in [0.15, 0.2) is 6.04 Å². The number of esters is 1. The summed E-state index contributed by atoms with van der Waals surface area (Å²) in [4.78, 5) is 31.3. The van der Waals surface area contributed by atoms with Crippen molar-refractivity contribution in [2.75, 3.05) is 6.61 Å². The highest BCUT2D eigenvalue weighted by atomic mass is 16.5. The highest BCUT2D eigenvalue weighted by Gasteiger charge is 2.19. The third-order valence-electron chi connectivity index (χ3n) is 1.13. The van der Waals surface area contributed by atoms with Crippen LogP contribution in [0.2, 0.25) is 0 Å². The fourth-order valence-electron chi connectivity index (χ4n) is 0.621. The molecule has 74 valence electrons. The third-order valence-corrected chi connectivity index (χ3v) is 1.13. The number of carboxylic acids is 1. The maximum atomic E-state index is 10.5. The fourth-order valence-corrected chi connectivity index (χ4v) is 0.621. The zero-order valence-corrected chi connectivity index (χ0v) is 7.36. The maximum Gasteiger partial charge on any atom is 0.329 e. The van der Waals surface area contributed by atoms with Crippen LogP contribution in [0.4, 0.5) is 0 Å². The number of hydrogen-bond acceptors (Lipinski definition) is 4. The van der Waals surface area contributed by atoms with E-state index in [2.05, 4.69) is 10.1 Å². The molecule has 6 nitrogen and oxygen atoms in total. The topological polar surface area (TPSA) is 92.7 Å². The van der Waals surface area contributed by atoms with Crippen molar-refractivity contribution >= 4 is 17.8 Å². The van der Waals surface area contributed by atoms with E-state index >= 15 is 0 Å². The van der Waals surface area contributed by atoms with Crippen molar-refractivity contribution in [2.24, 2.45) is 0 Å². The van der Waals surface area contributed by atoms with E-state index in [0.717, 1.165) is 6.92 Å². The number of amides is 1. The number of carboxylic acid groups (broad SMARTS) is 1. The molecule has 0 aromatic heterocycles. The molecular formula is C7H11NO5. The van der Waals surface area contributed by atoms with E-state index in [-0.39, 0.29) is 6.61 Å². The Balaban J connectivity index is 4.02. The van der Waals surface area contributed by atoms with Gasteiger partial charge in [-0.3, -0.25) is 9.59 Å². The molecule has 0 saturated carbocycles. The zero-order chi connectivity index (χ0) is 10.4. The van der Waals surface area contributed by atoms with Crippen molar-refractivity contribution in [3.63, 3.8) is 0 Å². The Morgan fingerprint density at radius 1 is 1.38 bits per heavy atom. The number of carbonyl (C=O) groups is 3. The average molecular weight is 189 g/mol. The number of nitrogens with one attached hydrogen (secondary N) is 1. The molecule has 0 radical (unpaired) electrons. The van der Waals surface area contributed by atoms with Gasteiger partial charge in [0.05, 0.1) is 0 Å². The molecule has 13 heavy (non-hydrogen) atoms. The molecule has 0 aliphatic carbocycles. The van der Waals surface area contributed by atoms with E-state index in [1.807, 2.05) is 0 Å². The van der Waals surface area contributed by atoms with Crippen molar-refractivity contribution in [3.8, 4) is 0 Å². The van der Waals surface area contributed by atoms with E-state index < -0.39 is 23.9 Å². The van der Waals surface area contributed by atoms with Crippen LogP contribution in [-0.2, 0) is 19.1 Å². The molecule has 0 rings (SSSR count). The van der Waals surface area contributed by atoms with Gasteiger partial charge in [-0.25, -0.2) is 4.79 Å². The molecule has 0 heterocycles. The van der Waals surface area contributed by atoms with Crippen LogP contribution < -0.4 is 5.32 Å². The largest absolute Gasteiger partial charge is 0.480 e. The number of aliphatic carboxylic acids is 1. The molecule has 0 aliphatic heterocycles. The lowest BCUT2D eigenvalue weighted by Gasteiger charge is -2.12. The SMILES string of the molecule is CC(=O)N[C@H](COC(C)=O)C(=O)O. The Morgan fingerprint density at radius 2 is 1.92 bits per heavy atom. The minimum absolute atomic E-state index is 0.357. The molecule has 1 amide bonds. The molecule has 1 atom stereocenters. The molecule has 0 spiro atoms. The van der Waals surface area contributed by atoms with Crippen LogP contribution in [-0.4, -0.2) is 35.6 Å². The Bertz CT molecular complexity index is 225. The molecule has 6 heteroatoms. The fraction of sp³-hybridized carbons (Fsp3) is 0.571. The third kappa shape index (κ3) is 5.66. The Hall–Kier alpha value is -1.59. The van der Waals surface area contributed by atoms with Gasteiger partial charge in [-0.1, -0.05) is 0 Å². The summed E-state index contributed by atoms with van der Waals surface area (Å²) in [5.74, 6) is -2.31. The van der Waals surface area contributed by atoms with Gasteiger partial charge < -0.3 is 15.2 Å². The number of ether oxygens (including phenoxy) is 1.